The van der Waals surface area contributed by atoms with E-state index in [2.05, 4.69) is 4.72 Å². The van der Waals surface area contributed by atoms with Gasteiger partial charge in [0.15, 0.2) is 0 Å². The fourth-order valence-electron chi connectivity index (χ4n) is 2.59. The monoisotopic (exact) mass is 432 g/mol. The third-order valence-corrected chi connectivity index (χ3v) is 5.91. The van der Waals surface area contributed by atoms with Gasteiger partial charge >= 0.3 is 0 Å². The van der Waals surface area contributed by atoms with Crippen LogP contribution in [0.3, 0.4) is 0 Å². The lowest BCUT2D eigenvalue weighted by Crippen LogP contribution is -2.17. The Bertz CT molecular complexity index is 1260. The summed E-state index contributed by atoms with van der Waals surface area (Å²) in [5.41, 5.74) is 2.30. The molecule has 0 aliphatic carbocycles. The summed E-state index contributed by atoms with van der Waals surface area (Å²) in [4.78, 5) is -0.651. The predicted molar refractivity (Wildman–Crippen MR) is 111 cm³/mol. The molecule has 0 aliphatic heterocycles. The molecule has 6 nitrogen and oxygen atoms in total. The van der Waals surface area contributed by atoms with Gasteiger partial charge in [0.05, 0.1) is 11.1 Å². The second-order valence-electron chi connectivity index (χ2n) is 6.12. The van der Waals surface area contributed by atoms with Crippen molar-refractivity contribution in [2.75, 3.05) is 4.72 Å². The molecule has 3 aromatic rings. The molecule has 29 heavy (non-hydrogen) atoms. The lowest BCUT2D eigenvalue weighted by atomic mass is 10.0. The molecule has 3 aromatic carbocycles. The Labute approximate surface area is 168 Å². The molecular formula is C20H17FN2O4S2. The predicted octanol–water partition coefficient (Wildman–Crippen LogP) is 3.55. The van der Waals surface area contributed by atoms with Gasteiger partial charge in [0, 0.05) is 0 Å². The number of nitrogens with two attached hydrogens (primary N) is 1. The Kier molecular flexibility index (Phi) is 5.83. The van der Waals surface area contributed by atoms with Crippen molar-refractivity contribution in [1.29, 1.82) is 0 Å². The van der Waals surface area contributed by atoms with E-state index in [1.165, 1.54) is 6.08 Å². The molecule has 0 fully saturated rings. The molecule has 9 heteroatoms. The van der Waals surface area contributed by atoms with Crippen LogP contribution in [-0.2, 0) is 20.0 Å². The van der Waals surface area contributed by atoms with E-state index >= 15 is 0 Å². The number of hydrogen-bond acceptors (Lipinski definition) is 4. The summed E-state index contributed by atoms with van der Waals surface area (Å²) >= 11 is 0. The molecule has 0 radical (unpaired) electrons. The maximum Gasteiger partial charge on any atom is 0.255 e. The SMILES string of the molecule is NS(=O)(=O)c1cc(F)ccc1NS(=O)(=O)C=Cc1ccc(-c2ccccc2)cc1. The quantitative estimate of drug-likeness (QED) is 0.621. The Morgan fingerprint density at radius 3 is 2.07 bits per heavy atom. The molecule has 0 amide bonds. The molecule has 3 rings (SSSR count). The van der Waals surface area contributed by atoms with E-state index in [0.29, 0.717) is 11.6 Å². The van der Waals surface area contributed by atoms with Crippen molar-refractivity contribution in [3.05, 3.63) is 89.6 Å². The van der Waals surface area contributed by atoms with Crippen LogP contribution in [0.25, 0.3) is 17.2 Å². The first-order chi connectivity index (χ1) is 13.6. The number of anilines is 1. The lowest BCUT2D eigenvalue weighted by molar-refractivity contribution is 0.593. The molecule has 0 aromatic heterocycles. The summed E-state index contributed by atoms with van der Waals surface area (Å²) in [6.07, 6.45) is 1.36. The largest absolute Gasteiger partial charge is 0.279 e. The zero-order chi connectivity index (χ0) is 21.1. The number of hydrogen-bond donors (Lipinski definition) is 2. The summed E-state index contributed by atoms with van der Waals surface area (Å²) in [5.74, 6) is -0.856. The summed E-state index contributed by atoms with van der Waals surface area (Å²) < 4.78 is 63.2. The number of halogens is 1. The van der Waals surface area contributed by atoms with E-state index in [1.807, 2.05) is 42.5 Å². The fraction of sp³-hybridized carbons (Fsp3) is 0. The summed E-state index contributed by atoms with van der Waals surface area (Å²) in [7, 11) is -8.38. The zero-order valence-electron chi connectivity index (χ0n) is 15.0. The van der Waals surface area contributed by atoms with Crippen LogP contribution in [0.2, 0.25) is 0 Å². The number of nitrogens with one attached hydrogen (secondary N) is 1. The van der Waals surface area contributed by atoms with Gasteiger partial charge in [-0.2, -0.15) is 0 Å². The number of rotatable bonds is 6. The minimum absolute atomic E-state index is 0.335. The van der Waals surface area contributed by atoms with Crippen molar-refractivity contribution < 1.29 is 21.2 Å². The van der Waals surface area contributed by atoms with Crippen molar-refractivity contribution in [3.63, 3.8) is 0 Å². The number of sulfonamides is 2. The first-order valence-electron chi connectivity index (χ1n) is 8.33. The molecule has 0 unspecified atom stereocenters. The van der Waals surface area contributed by atoms with Gasteiger partial charge in [-0.25, -0.2) is 26.4 Å². The van der Waals surface area contributed by atoms with Crippen LogP contribution in [-0.4, -0.2) is 16.8 Å². The van der Waals surface area contributed by atoms with Gasteiger partial charge in [-0.15, -0.1) is 0 Å². The third kappa shape index (κ3) is 5.50. The van der Waals surface area contributed by atoms with Gasteiger partial charge in [0.25, 0.3) is 10.0 Å². The van der Waals surface area contributed by atoms with Gasteiger partial charge in [0.2, 0.25) is 10.0 Å². The van der Waals surface area contributed by atoms with Crippen LogP contribution in [0.15, 0.2) is 83.1 Å². The van der Waals surface area contributed by atoms with Crippen LogP contribution in [0.5, 0.6) is 0 Å². The van der Waals surface area contributed by atoms with Crippen molar-refractivity contribution in [3.8, 4) is 11.1 Å². The highest BCUT2D eigenvalue weighted by atomic mass is 32.2. The van der Waals surface area contributed by atoms with Crippen LogP contribution in [0.1, 0.15) is 5.56 Å². The zero-order valence-corrected chi connectivity index (χ0v) is 16.6. The highest BCUT2D eigenvalue weighted by Crippen LogP contribution is 2.23. The molecule has 0 saturated carbocycles. The molecule has 3 N–H and O–H groups in total. The summed E-state index contributed by atoms with van der Waals surface area (Å²) in [5, 5.41) is 5.91. The average molecular weight is 432 g/mol. The molecular weight excluding hydrogens is 415 g/mol. The third-order valence-electron chi connectivity index (χ3n) is 3.96. The molecule has 0 atom stereocenters. The Morgan fingerprint density at radius 1 is 0.828 bits per heavy atom. The van der Waals surface area contributed by atoms with Gasteiger partial charge in [-0.1, -0.05) is 54.6 Å². The van der Waals surface area contributed by atoms with Gasteiger partial charge in [-0.05, 0) is 41.0 Å². The molecule has 150 valence electrons. The Hall–Kier alpha value is -3.01. The lowest BCUT2D eigenvalue weighted by Gasteiger charge is -2.09. The Balaban J connectivity index is 1.81. The van der Waals surface area contributed by atoms with Crippen LogP contribution in [0, 0.1) is 5.82 Å². The normalized spacial score (nSPS) is 12.2. The van der Waals surface area contributed by atoms with E-state index in [-0.39, 0.29) is 5.69 Å². The smallest absolute Gasteiger partial charge is 0.255 e. The van der Waals surface area contributed by atoms with E-state index < -0.39 is 30.8 Å². The fourth-order valence-corrected chi connectivity index (χ4v) is 4.24. The molecule has 0 heterocycles. The average Bonchev–Trinajstić information content (AvgIpc) is 2.68. The highest BCUT2D eigenvalue weighted by Gasteiger charge is 2.18. The van der Waals surface area contributed by atoms with Crippen LogP contribution in [0.4, 0.5) is 10.1 Å². The van der Waals surface area contributed by atoms with Gasteiger partial charge in [0.1, 0.15) is 10.7 Å². The summed E-state index contributed by atoms with van der Waals surface area (Å²) in [6.45, 7) is 0. The first kappa shape index (κ1) is 20.7. The number of benzene rings is 3. The van der Waals surface area contributed by atoms with E-state index in [4.69, 9.17) is 5.14 Å². The van der Waals surface area contributed by atoms with Crippen molar-refractivity contribution in [2.24, 2.45) is 5.14 Å². The highest BCUT2D eigenvalue weighted by molar-refractivity contribution is 7.95. The first-order valence-corrected chi connectivity index (χ1v) is 11.4. The molecule has 0 saturated heterocycles. The minimum Gasteiger partial charge on any atom is -0.279 e. The minimum atomic E-state index is -4.32. The molecule has 0 bridgehead atoms. The van der Waals surface area contributed by atoms with Crippen molar-refractivity contribution in [1.82, 2.24) is 0 Å². The van der Waals surface area contributed by atoms with Crippen LogP contribution >= 0.6 is 0 Å². The van der Waals surface area contributed by atoms with Crippen molar-refractivity contribution >= 4 is 31.8 Å². The topological polar surface area (TPSA) is 106 Å². The Morgan fingerprint density at radius 2 is 1.45 bits per heavy atom. The van der Waals surface area contributed by atoms with Gasteiger partial charge < -0.3 is 0 Å². The maximum atomic E-state index is 13.3. The van der Waals surface area contributed by atoms with Crippen LogP contribution < -0.4 is 9.86 Å². The second kappa shape index (κ2) is 8.16. The summed E-state index contributed by atoms with van der Waals surface area (Å²) in [6, 6.07) is 19.5. The molecule has 0 aliphatic rings. The van der Waals surface area contributed by atoms with E-state index in [9.17, 15) is 21.2 Å². The number of primary sulfonamides is 1. The second-order valence-corrected chi connectivity index (χ2v) is 9.22. The van der Waals surface area contributed by atoms with E-state index in [1.54, 1.807) is 12.1 Å². The molecule has 0 spiro atoms. The van der Waals surface area contributed by atoms with Crippen molar-refractivity contribution in [2.45, 2.75) is 4.90 Å². The maximum absolute atomic E-state index is 13.3. The standard InChI is InChI=1S/C20H17FN2O4S2/c21-18-10-11-19(20(14-18)29(22,26)27)23-28(24,25)13-12-15-6-8-17(9-7-15)16-4-2-1-3-5-16/h1-14,23H,(H2,22,26,27). The van der Waals surface area contributed by atoms with Gasteiger partial charge in [-0.3, -0.25) is 4.72 Å². The van der Waals surface area contributed by atoms with E-state index in [0.717, 1.165) is 28.7 Å².